The van der Waals surface area contributed by atoms with Gasteiger partial charge < -0.3 is 5.32 Å². The molecule has 0 bridgehead atoms. The van der Waals surface area contributed by atoms with Crippen molar-refractivity contribution in [3.63, 3.8) is 0 Å². The molecular weight excluding hydrogens is 323 g/mol. The van der Waals surface area contributed by atoms with Gasteiger partial charge in [0.2, 0.25) is 5.91 Å². The molecule has 1 unspecified atom stereocenters. The minimum Gasteiger partial charge on any atom is -0.321 e. The van der Waals surface area contributed by atoms with E-state index >= 15 is 0 Å². The van der Waals surface area contributed by atoms with Gasteiger partial charge in [-0.25, -0.2) is 0 Å². The SMILES string of the molecule is Cc1c(NC(=O)C(C)n2nc(C(F)(F)F)cc2C2CC2)cnn1C. The number of alkyl halides is 3. The summed E-state index contributed by atoms with van der Waals surface area (Å²) in [7, 11) is 1.74. The van der Waals surface area contributed by atoms with Crippen LogP contribution in [0.25, 0.3) is 0 Å². The van der Waals surface area contributed by atoms with Crippen LogP contribution in [-0.2, 0) is 18.0 Å². The summed E-state index contributed by atoms with van der Waals surface area (Å²) >= 11 is 0. The van der Waals surface area contributed by atoms with Crippen LogP contribution < -0.4 is 5.32 Å². The molecule has 2 aromatic rings. The Bertz CT molecular complexity index is 773. The Labute approximate surface area is 136 Å². The number of nitrogens with one attached hydrogen (secondary N) is 1. The van der Waals surface area contributed by atoms with Crippen LogP contribution >= 0.6 is 0 Å². The predicted octanol–water partition coefficient (Wildman–Crippen LogP) is 3.02. The van der Waals surface area contributed by atoms with E-state index in [0.717, 1.165) is 24.6 Å². The van der Waals surface area contributed by atoms with Crippen LogP contribution in [0.1, 0.15) is 48.8 Å². The van der Waals surface area contributed by atoms with Gasteiger partial charge in [-0.05, 0) is 32.8 Å². The topological polar surface area (TPSA) is 64.7 Å². The first kappa shape index (κ1) is 16.5. The number of amides is 1. The summed E-state index contributed by atoms with van der Waals surface area (Å²) in [6.07, 6.45) is -1.38. The maximum absolute atomic E-state index is 12.9. The zero-order valence-electron chi connectivity index (χ0n) is 13.6. The van der Waals surface area contributed by atoms with Gasteiger partial charge in [-0.2, -0.15) is 23.4 Å². The van der Waals surface area contributed by atoms with Crippen molar-refractivity contribution in [1.29, 1.82) is 0 Å². The second-order valence-electron chi connectivity index (χ2n) is 6.10. The molecule has 1 amide bonds. The van der Waals surface area contributed by atoms with E-state index in [1.807, 2.05) is 0 Å². The summed E-state index contributed by atoms with van der Waals surface area (Å²) in [5, 5.41) is 10.4. The molecule has 1 N–H and O–H groups in total. The van der Waals surface area contributed by atoms with Gasteiger partial charge in [0, 0.05) is 18.7 Å². The van der Waals surface area contributed by atoms with Gasteiger partial charge in [-0.1, -0.05) is 0 Å². The lowest BCUT2D eigenvalue weighted by Gasteiger charge is -2.15. The summed E-state index contributed by atoms with van der Waals surface area (Å²) < 4.78 is 41.6. The molecule has 3 rings (SSSR count). The van der Waals surface area contributed by atoms with Crippen LogP contribution in [0.15, 0.2) is 12.3 Å². The van der Waals surface area contributed by atoms with Crippen molar-refractivity contribution >= 4 is 11.6 Å². The standard InChI is InChI=1S/C15H18F3N5O/c1-8-11(7-19-22(8)3)20-14(24)9(2)23-12(10-4-5-10)6-13(21-23)15(16,17)18/h6-7,9-10H,4-5H2,1-3H3,(H,20,24). The minimum atomic E-state index is -4.52. The van der Waals surface area contributed by atoms with E-state index in [2.05, 4.69) is 15.5 Å². The predicted molar refractivity (Wildman–Crippen MR) is 80.5 cm³/mol. The average Bonchev–Trinajstić information content (AvgIpc) is 3.18. The Kier molecular flexibility index (Phi) is 3.89. The molecule has 0 aromatic carbocycles. The highest BCUT2D eigenvalue weighted by Crippen LogP contribution is 2.43. The molecule has 1 fully saturated rings. The maximum atomic E-state index is 12.9. The van der Waals surface area contributed by atoms with Gasteiger partial charge in [0.25, 0.3) is 0 Å². The summed E-state index contributed by atoms with van der Waals surface area (Å²) in [5.74, 6) is -0.381. The third kappa shape index (κ3) is 3.02. The molecular formula is C15H18F3N5O. The number of aryl methyl sites for hydroxylation is 1. The molecule has 0 spiro atoms. The Morgan fingerprint density at radius 3 is 2.58 bits per heavy atom. The molecule has 0 saturated heterocycles. The zero-order valence-corrected chi connectivity index (χ0v) is 13.6. The Balaban J connectivity index is 1.86. The second kappa shape index (κ2) is 5.64. The van der Waals surface area contributed by atoms with Crippen LogP contribution in [0.5, 0.6) is 0 Å². The number of nitrogens with zero attached hydrogens (tertiary/aromatic N) is 4. The molecule has 0 radical (unpaired) electrons. The Morgan fingerprint density at radius 1 is 1.42 bits per heavy atom. The van der Waals surface area contributed by atoms with Crippen molar-refractivity contribution in [3.8, 4) is 0 Å². The molecule has 1 atom stereocenters. The zero-order chi connectivity index (χ0) is 17.6. The van der Waals surface area contributed by atoms with Gasteiger partial charge in [0.15, 0.2) is 5.69 Å². The van der Waals surface area contributed by atoms with Crippen LogP contribution in [0.2, 0.25) is 0 Å². The fourth-order valence-electron chi connectivity index (χ4n) is 2.51. The van der Waals surface area contributed by atoms with Crippen molar-refractivity contribution in [1.82, 2.24) is 19.6 Å². The highest BCUT2D eigenvalue weighted by Gasteiger charge is 2.39. The minimum absolute atomic E-state index is 0.0454. The Morgan fingerprint density at radius 2 is 2.08 bits per heavy atom. The molecule has 1 aliphatic rings. The highest BCUT2D eigenvalue weighted by molar-refractivity contribution is 5.93. The van der Waals surface area contributed by atoms with Crippen molar-refractivity contribution in [3.05, 3.63) is 29.3 Å². The van der Waals surface area contributed by atoms with Gasteiger partial charge in [-0.3, -0.25) is 14.2 Å². The first-order valence-corrected chi connectivity index (χ1v) is 7.64. The van der Waals surface area contributed by atoms with Gasteiger partial charge in [0.1, 0.15) is 6.04 Å². The molecule has 1 saturated carbocycles. The van der Waals surface area contributed by atoms with E-state index in [1.54, 1.807) is 25.6 Å². The Hall–Kier alpha value is -2.32. The van der Waals surface area contributed by atoms with Crippen molar-refractivity contribution < 1.29 is 18.0 Å². The van der Waals surface area contributed by atoms with Gasteiger partial charge in [0.05, 0.1) is 17.6 Å². The normalized spacial score (nSPS) is 16.2. The lowest BCUT2D eigenvalue weighted by Crippen LogP contribution is -2.26. The van der Waals surface area contributed by atoms with E-state index in [0.29, 0.717) is 11.4 Å². The molecule has 130 valence electrons. The highest BCUT2D eigenvalue weighted by atomic mass is 19.4. The summed E-state index contributed by atoms with van der Waals surface area (Å²) in [6.45, 7) is 3.33. The maximum Gasteiger partial charge on any atom is 0.435 e. The second-order valence-corrected chi connectivity index (χ2v) is 6.10. The summed E-state index contributed by atoms with van der Waals surface area (Å²) in [5.41, 5.74) is 0.800. The van der Waals surface area contributed by atoms with Gasteiger partial charge >= 0.3 is 6.18 Å². The average molecular weight is 341 g/mol. The first-order valence-electron chi connectivity index (χ1n) is 7.64. The number of carbonyl (C=O) groups is 1. The number of anilines is 1. The monoisotopic (exact) mass is 341 g/mol. The van der Waals surface area contributed by atoms with Crippen molar-refractivity contribution in [2.24, 2.45) is 7.05 Å². The number of rotatable bonds is 4. The third-order valence-corrected chi connectivity index (χ3v) is 4.29. The number of hydrogen-bond donors (Lipinski definition) is 1. The fraction of sp³-hybridized carbons (Fsp3) is 0.533. The largest absolute Gasteiger partial charge is 0.435 e. The van der Waals surface area contributed by atoms with Crippen LogP contribution in [0.4, 0.5) is 18.9 Å². The molecule has 6 nitrogen and oxygen atoms in total. The quantitative estimate of drug-likeness (QED) is 0.930. The molecule has 1 aliphatic carbocycles. The molecule has 24 heavy (non-hydrogen) atoms. The van der Waals surface area contributed by atoms with Gasteiger partial charge in [-0.15, -0.1) is 0 Å². The number of halogens is 3. The van der Waals surface area contributed by atoms with Crippen LogP contribution in [-0.4, -0.2) is 25.5 Å². The first-order chi connectivity index (χ1) is 11.2. The fourth-order valence-corrected chi connectivity index (χ4v) is 2.51. The number of carbonyl (C=O) groups excluding carboxylic acids is 1. The van der Waals surface area contributed by atoms with E-state index in [1.165, 1.54) is 10.9 Å². The van der Waals surface area contributed by atoms with Crippen LogP contribution in [0, 0.1) is 6.92 Å². The molecule has 2 aromatic heterocycles. The van der Waals surface area contributed by atoms with Crippen molar-refractivity contribution in [2.75, 3.05) is 5.32 Å². The molecule has 0 aliphatic heterocycles. The van der Waals surface area contributed by atoms with Crippen molar-refractivity contribution in [2.45, 2.75) is 44.8 Å². The van der Waals surface area contributed by atoms with E-state index < -0.39 is 23.8 Å². The van der Waals surface area contributed by atoms with E-state index in [9.17, 15) is 18.0 Å². The summed E-state index contributed by atoms with van der Waals surface area (Å²) in [4.78, 5) is 12.4. The number of aromatic nitrogens is 4. The molecule has 9 heteroatoms. The number of hydrogen-bond acceptors (Lipinski definition) is 3. The summed E-state index contributed by atoms with van der Waals surface area (Å²) in [6, 6.07) is 0.202. The lowest BCUT2D eigenvalue weighted by atomic mass is 10.2. The lowest BCUT2D eigenvalue weighted by molar-refractivity contribution is -0.141. The molecule has 2 heterocycles. The van der Waals surface area contributed by atoms with E-state index in [-0.39, 0.29) is 5.92 Å². The van der Waals surface area contributed by atoms with Crippen LogP contribution in [0.3, 0.4) is 0 Å². The van der Waals surface area contributed by atoms with E-state index in [4.69, 9.17) is 0 Å². The smallest absolute Gasteiger partial charge is 0.321 e. The third-order valence-electron chi connectivity index (χ3n) is 4.29.